The zero-order chi connectivity index (χ0) is 24.1. The maximum absolute atomic E-state index is 12.5. The molecule has 0 aliphatic rings. The average molecular weight is 450 g/mol. The van der Waals surface area contributed by atoms with Gasteiger partial charge in [-0.05, 0) is 30.7 Å². The number of carboxylic acid groups (broad SMARTS) is 1. The molecule has 0 aromatic heterocycles. The number of hydroxylamine groups is 2. The van der Waals surface area contributed by atoms with Gasteiger partial charge >= 0.3 is 18.0 Å². The third-order valence-corrected chi connectivity index (χ3v) is 4.70. The molecule has 9 nitrogen and oxygen atoms in total. The minimum atomic E-state index is -1.13. The average Bonchev–Trinajstić information content (AvgIpc) is 2.76. The van der Waals surface area contributed by atoms with Crippen LogP contribution in [0.5, 0.6) is 0 Å². The van der Waals surface area contributed by atoms with Crippen LogP contribution in [0.25, 0.3) is 0 Å². The van der Waals surface area contributed by atoms with Crippen LogP contribution < -0.4 is 0 Å². The first-order valence-electron chi connectivity index (χ1n) is 10.9. The lowest BCUT2D eigenvalue weighted by Gasteiger charge is -2.31. The van der Waals surface area contributed by atoms with Crippen molar-refractivity contribution < 1.29 is 29.1 Å². The van der Waals surface area contributed by atoms with Gasteiger partial charge in [-0.2, -0.15) is 0 Å². The summed E-state index contributed by atoms with van der Waals surface area (Å²) in [5, 5.41) is 18.3. The molecule has 1 atom stereocenters. The molecular formula is C23H35N3O6. The molecule has 2 N–H and O–H groups in total. The molecule has 9 heteroatoms. The summed E-state index contributed by atoms with van der Waals surface area (Å²) >= 11 is 0. The predicted molar refractivity (Wildman–Crippen MR) is 120 cm³/mol. The molecule has 1 rings (SSSR count). The number of carbonyl (C=O) groups is 3. The van der Waals surface area contributed by atoms with E-state index < -0.39 is 30.0 Å². The summed E-state index contributed by atoms with van der Waals surface area (Å²) in [6, 6.07) is 8.59. The number of rotatable bonds is 11. The number of hydrogen-bond acceptors (Lipinski definition) is 6. The molecule has 0 heterocycles. The van der Waals surface area contributed by atoms with Gasteiger partial charge in [0.15, 0.2) is 0 Å². The van der Waals surface area contributed by atoms with E-state index in [-0.39, 0.29) is 25.4 Å². The smallest absolute Gasteiger partial charge is 0.451 e. The van der Waals surface area contributed by atoms with Crippen molar-refractivity contribution in [3.8, 4) is 0 Å². The molecule has 0 aliphatic carbocycles. The van der Waals surface area contributed by atoms with Gasteiger partial charge in [0.1, 0.15) is 6.04 Å². The van der Waals surface area contributed by atoms with Crippen LogP contribution in [-0.4, -0.2) is 58.8 Å². The topological polar surface area (TPSA) is 120 Å². The molecule has 32 heavy (non-hydrogen) atoms. The highest BCUT2D eigenvalue weighted by Crippen LogP contribution is 2.13. The fourth-order valence-electron chi connectivity index (χ4n) is 2.86. The van der Waals surface area contributed by atoms with E-state index >= 15 is 0 Å². The number of hydrogen-bond donors (Lipinski definition) is 2. The van der Waals surface area contributed by atoms with E-state index in [0.717, 1.165) is 16.9 Å². The van der Waals surface area contributed by atoms with Crippen molar-refractivity contribution >= 4 is 24.0 Å². The van der Waals surface area contributed by atoms with E-state index in [1.807, 2.05) is 51.1 Å². The van der Waals surface area contributed by atoms with Gasteiger partial charge in [0, 0.05) is 13.5 Å². The van der Waals surface area contributed by atoms with E-state index in [4.69, 9.17) is 15.0 Å². The Morgan fingerprint density at radius 2 is 1.78 bits per heavy atom. The molecule has 0 bridgehead atoms. The fourth-order valence-corrected chi connectivity index (χ4v) is 2.86. The van der Waals surface area contributed by atoms with Crippen molar-refractivity contribution in [1.29, 1.82) is 5.41 Å². The minimum Gasteiger partial charge on any atom is -0.480 e. The van der Waals surface area contributed by atoms with Gasteiger partial charge in [0.05, 0.1) is 6.61 Å². The molecule has 0 spiro atoms. The number of amides is 1. The van der Waals surface area contributed by atoms with Gasteiger partial charge in [-0.15, -0.1) is 0 Å². The summed E-state index contributed by atoms with van der Waals surface area (Å²) in [6.45, 7) is 5.68. The Morgan fingerprint density at radius 1 is 1.12 bits per heavy atom. The van der Waals surface area contributed by atoms with Crippen molar-refractivity contribution in [3.05, 3.63) is 35.9 Å². The lowest BCUT2D eigenvalue weighted by Crippen LogP contribution is -2.52. The minimum absolute atomic E-state index is 0.0258. The van der Waals surface area contributed by atoms with Gasteiger partial charge < -0.3 is 19.6 Å². The number of likely N-dealkylation sites (N-methyl/N-ethyl adjacent to an activating group) is 1. The number of carboxylic acids is 1. The van der Waals surface area contributed by atoms with Crippen molar-refractivity contribution in [3.63, 3.8) is 0 Å². The number of nitrogens with one attached hydrogen (secondary N) is 1. The number of aliphatic carboxylic acids is 1. The van der Waals surface area contributed by atoms with Crippen molar-refractivity contribution in [2.75, 3.05) is 13.7 Å². The van der Waals surface area contributed by atoms with Gasteiger partial charge in [0.2, 0.25) is 5.96 Å². The number of carbonyl (C=O) groups excluding carboxylic acids is 2. The third kappa shape index (κ3) is 9.36. The number of nitrogens with zero attached hydrogens (tertiary/aromatic N) is 2. The highest BCUT2D eigenvalue weighted by atomic mass is 16.8. The number of benzene rings is 1. The molecule has 1 amide bonds. The van der Waals surface area contributed by atoms with Crippen molar-refractivity contribution in [1.82, 2.24) is 9.96 Å². The molecule has 0 aliphatic heterocycles. The Bertz CT molecular complexity index is 753. The summed E-state index contributed by atoms with van der Waals surface area (Å²) < 4.78 is 5.13. The van der Waals surface area contributed by atoms with Crippen LogP contribution >= 0.6 is 0 Å². The van der Waals surface area contributed by atoms with Crippen molar-refractivity contribution in [2.24, 2.45) is 5.92 Å². The van der Waals surface area contributed by atoms with E-state index in [0.29, 0.717) is 24.3 Å². The zero-order valence-electron chi connectivity index (χ0n) is 19.4. The van der Waals surface area contributed by atoms with Crippen LogP contribution in [-0.2, 0) is 25.6 Å². The highest BCUT2D eigenvalue weighted by Gasteiger charge is 2.33. The zero-order valence-corrected chi connectivity index (χ0v) is 19.4. The normalized spacial score (nSPS) is 11.5. The van der Waals surface area contributed by atoms with Gasteiger partial charge in [-0.3, -0.25) is 5.41 Å². The molecule has 0 saturated carbocycles. The standard InChI is InChI=1S/C23H35N3O6/c1-5-6-14-19(21(28)29)25(4)22(24)26(23(30)31-16-17(2)3)32-20(27)15-10-13-18-11-8-7-9-12-18/h7-9,11-12,17,19,24H,5-6,10,13-16H2,1-4H3,(H,28,29). The van der Waals surface area contributed by atoms with Crippen LogP contribution in [0.1, 0.15) is 58.4 Å². The quantitative estimate of drug-likeness (QED) is 0.297. The van der Waals surface area contributed by atoms with Gasteiger partial charge in [0.25, 0.3) is 0 Å². The summed E-state index contributed by atoms with van der Waals surface area (Å²) in [4.78, 5) is 42.9. The van der Waals surface area contributed by atoms with Crippen LogP contribution in [0.4, 0.5) is 4.79 Å². The second-order valence-electron chi connectivity index (χ2n) is 8.00. The van der Waals surface area contributed by atoms with E-state index in [9.17, 15) is 19.5 Å². The third-order valence-electron chi connectivity index (χ3n) is 4.70. The lowest BCUT2D eigenvalue weighted by atomic mass is 10.1. The Kier molecular flexibility index (Phi) is 11.8. The van der Waals surface area contributed by atoms with Crippen LogP contribution in [0.3, 0.4) is 0 Å². The Balaban J connectivity index is 2.85. The molecule has 1 unspecified atom stereocenters. The van der Waals surface area contributed by atoms with Gasteiger partial charge in [-0.25, -0.2) is 14.4 Å². The van der Waals surface area contributed by atoms with E-state index in [2.05, 4.69) is 0 Å². The first-order chi connectivity index (χ1) is 15.2. The number of guanidine groups is 1. The summed E-state index contributed by atoms with van der Waals surface area (Å²) in [6.07, 6.45) is 1.83. The molecular weight excluding hydrogens is 414 g/mol. The number of unbranched alkanes of at least 4 members (excludes halogenated alkanes) is 1. The highest BCUT2D eigenvalue weighted by molar-refractivity contribution is 5.94. The fraction of sp³-hybridized carbons (Fsp3) is 0.565. The second-order valence-corrected chi connectivity index (χ2v) is 8.00. The number of aryl methyl sites for hydroxylation is 1. The SMILES string of the molecule is CCCCC(C(=O)O)N(C)C(=N)N(OC(=O)CCCc1ccccc1)C(=O)OCC(C)C. The molecule has 0 fully saturated rings. The maximum atomic E-state index is 12.5. The monoisotopic (exact) mass is 449 g/mol. The molecule has 0 radical (unpaired) electrons. The van der Waals surface area contributed by atoms with E-state index in [1.165, 1.54) is 7.05 Å². The summed E-state index contributed by atoms with van der Waals surface area (Å²) in [5.74, 6) is -2.37. The summed E-state index contributed by atoms with van der Waals surface area (Å²) in [7, 11) is 1.38. The Labute approximate surface area is 189 Å². The lowest BCUT2D eigenvalue weighted by molar-refractivity contribution is -0.170. The maximum Gasteiger partial charge on any atom is 0.451 e. The van der Waals surface area contributed by atoms with Crippen LogP contribution in [0, 0.1) is 11.3 Å². The predicted octanol–water partition coefficient (Wildman–Crippen LogP) is 4.07. The summed E-state index contributed by atoms with van der Waals surface area (Å²) in [5.41, 5.74) is 1.07. The molecule has 1 aromatic rings. The van der Waals surface area contributed by atoms with Crippen LogP contribution in [0.15, 0.2) is 30.3 Å². The molecule has 0 saturated heterocycles. The first kappa shape index (κ1) is 26.9. The van der Waals surface area contributed by atoms with Gasteiger partial charge in [-0.1, -0.05) is 69.0 Å². The van der Waals surface area contributed by atoms with Crippen molar-refractivity contribution in [2.45, 2.75) is 65.3 Å². The Hall–Kier alpha value is -3.10. The molecule has 1 aromatic carbocycles. The first-order valence-corrected chi connectivity index (χ1v) is 10.9. The molecule has 178 valence electrons. The number of ether oxygens (including phenoxy) is 1. The largest absolute Gasteiger partial charge is 0.480 e. The van der Waals surface area contributed by atoms with E-state index in [1.54, 1.807) is 0 Å². The van der Waals surface area contributed by atoms with Crippen LogP contribution in [0.2, 0.25) is 0 Å². The Morgan fingerprint density at radius 3 is 2.34 bits per heavy atom. The second kappa shape index (κ2) is 14.1.